The van der Waals surface area contributed by atoms with Crippen molar-refractivity contribution in [3.05, 3.63) is 86.0 Å². The zero-order valence-electron chi connectivity index (χ0n) is 17.2. The van der Waals surface area contributed by atoms with E-state index in [-0.39, 0.29) is 43.4 Å². The van der Waals surface area contributed by atoms with Crippen LogP contribution in [0.25, 0.3) is 5.76 Å². The molecule has 2 heterocycles. The maximum absolute atomic E-state index is 13.7. The monoisotopic (exact) mass is 509 g/mol. The number of aryl methyl sites for hydroxylation is 1. The highest BCUT2D eigenvalue weighted by Crippen LogP contribution is 2.44. The Kier molecular flexibility index (Phi) is 6.14. The summed E-state index contributed by atoms with van der Waals surface area (Å²) in [7, 11) is 1.38. The van der Waals surface area contributed by atoms with Crippen LogP contribution in [-0.2, 0) is 9.59 Å². The van der Waals surface area contributed by atoms with E-state index in [4.69, 9.17) is 44.0 Å². The van der Waals surface area contributed by atoms with E-state index in [1.165, 1.54) is 31.4 Å². The number of methoxy groups -OCH3 is 1. The summed E-state index contributed by atoms with van der Waals surface area (Å²) < 4.78 is 24.6. The van der Waals surface area contributed by atoms with Crippen molar-refractivity contribution in [2.45, 2.75) is 13.0 Å². The quantitative estimate of drug-likeness (QED) is 0.252. The first-order chi connectivity index (χ1) is 15.6. The minimum atomic E-state index is -1.15. The number of aliphatic hydroxyl groups excluding tert-OH is 1. The van der Waals surface area contributed by atoms with Crippen LogP contribution in [0.5, 0.6) is 5.75 Å². The number of hydrogen-bond donors (Lipinski definition) is 1. The van der Waals surface area contributed by atoms with Gasteiger partial charge in [0.25, 0.3) is 11.7 Å². The Morgan fingerprint density at radius 2 is 1.73 bits per heavy atom. The Labute approximate surface area is 202 Å². The number of Topliss-reactive ketones (excluding diaryl/α,β-unsaturated/α-hetero) is 1. The van der Waals surface area contributed by atoms with Crippen LogP contribution in [0, 0.1) is 12.7 Å². The Morgan fingerprint density at radius 1 is 1.06 bits per heavy atom. The van der Waals surface area contributed by atoms with E-state index >= 15 is 0 Å². The van der Waals surface area contributed by atoms with Gasteiger partial charge in [-0.25, -0.2) is 4.39 Å². The first kappa shape index (κ1) is 23.2. The number of nitrogens with zero attached hydrogens (tertiary/aromatic N) is 1. The second-order valence-electron chi connectivity index (χ2n) is 7.19. The fraction of sp³-hybridized carbons (Fsp3) is 0.130. The summed E-state index contributed by atoms with van der Waals surface area (Å²) >= 11 is 18.3. The third kappa shape index (κ3) is 3.97. The number of anilines is 1. The van der Waals surface area contributed by atoms with Gasteiger partial charge in [0.05, 0.1) is 27.8 Å². The number of hydrogen-bond acceptors (Lipinski definition) is 5. The molecule has 1 amide bonds. The summed E-state index contributed by atoms with van der Waals surface area (Å²) in [6, 6.07) is 8.37. The van der Waals surface area contributed by atoms with Crippen LogP contribution < -0.4 is 9.64 Å². The summed E-state index contributed by atoms with van der Waals surface area (Å²) in [6.07, 6.45) is 0. The van der Waals surface area contributed by atoms with E-state index in [9.17, 15) is 19.1 Å². The van der Waals surface area contributed by atoms with Gasteiger partial charge in [-0.2, -0.15) is 0 Å². The number of halogens is 4. The summed E-state index contributed by atoms with van der Waals surface area (Å²) in [5.41, 5.74) is -0.0197. The molecule has 1 fully saturated rings. The van der Waals surface area contributed by atoms with Crippen molar-refractivity contribution in [1.82, 2.24) is 0 Å². The van der Waals surface area contributed by atoms with E-state index in [0.717, 1.165) is 11.0 Å². The fourth-order valence-corrected chi connectivity index (χ4v) is 4.47. The number of ether oxygens (including phenoxy) is 1. The van der Waals surface area contributed by atoms with Gasteiger partial charge < -0.3 is 14.3 Å². The molecular weight excluding hydrogens is 496 g/mol. The Hall–Kier alpha value is -3.00. The first-order valence-corrected chi connectivity index (χ1v) is 10.6. The lowest BCUT2D eigenvalue weighted by atomic mass is 9.99. The molecule has 1 atom stereocenters. The molecule has 0 bridgehead atoms. The highest BCUT2D eigenvalue weighted by molar-refractivity contribution is 6.52. The normalized spacial score (nSPS) is 17.6. The van der Waals surface area contributed by atoms with Crippen LogP contribution in [0.1, 0.15) is 23.1 Å². The molecule has 2 aromatic carbocycles. The van der Waals surface area contributed by atoms with E-state index in [2.05, 4.69) is 0 Å². The van der Waals surface area contributed by atoms with Crippen LogP contribution in [0.4, 0.5) is 10.1 Å². The van der Waals surface area contributed by atoms with Crippen LogP contribution in [0.3, 0.4) is 0 Å². The number of carbonyl (C=O) groups excluding carboxylic acids is 2. The summed E-state index contributed by atoms with van der Waals surface area (Å²) in [5.74, 6) is -2.23. The lowest BCUT2D eigenvalue weighted by molar-refractivity contribution is -0.132. The standard InChI is InChI=1S/C23H15Cl3FNO5/c1-10-3-6-17(33-10)19-18(20(29)11-7-14(25)22(32-2)15(26)8-11)21(30)23(31)28(19)12-4-5-16(27)13(24)9-12/h3-9,19,29H,1-2H3/b20-18-. The van der Waals surface area contributed by atoms with E-state index in [0.29, 0.717) is 5.76 Å². The average Bonchev–Trinajstić information content (AvgIpc) is 3.30. The molecular formula is C23H15Cl3FNO5. The molecule has 3 aromatic rings. The molecule has 1 aliphatic rings. The highest BCUT2D eigenvalue weighted by atomic mass is 35.5. The molecule has 0 spiro atoms. The summed E-state index contributed by atoms with van der Waals surface area (Å²) in [5, 5.41) is 11.1. The van der Waals surface area contributed by atoms with Gasteiger partial charge in [0, 0.05) is 11.3 Å². The maximum atomic E-state index is 13.7. The minimum Gasteiger partial charge on any atom is -0.507 e. The van der Waals surface area contributed by atoms with Gasteiger partial charge in [0.2, 0.25) is 0 Å². The average molecular weight is 511 g/mol. The molecule has 33 heavy (non-hydrogen) atoms. The molecule has 0 radical (unpaired) electrons. The molecule has 1 aromatic heterocycles. The molecule has 6 nitrogen and oxygen atoms in total. The Morgan fingerprint density at radius 3 is 2.27 bits per heavy atom. The van der Waals surface area contributed by atoms with Gasteiger partial charge in [0.15, 0.2) is 5.75 Å². The number of rotatable bonds is 4. The minimum absolute atomic E-state index is 0.0919. The number of ketones is 1. The predicted octanol–water partition coefficient (Wildman–Crippen LogP) is 6.32. The third-order valence-electron chi connectivity index (χ3n) is 5.13. The molecule has 0 aliphatic carbocycles. The summed E-state index contributed by atoms with van der Waals surface area (Å²) in [4.78, 5) is 27.2. The second-order valence-corrected chi connectivity index (χ2v) is 8.41. The predicted molar refractivity (Wildman–Crippen MR) is 123 cm³/mol. The van der Waals surface area contributed by atoms with Crippen molar-refractivity contribution >= 4 is 57.9 Å². The van der Waals surface area contributed by atoms with E-state index < -0.39 is 29.3 Å². The number of amides is 1. The van der Waals surface area contributed by atoms with Crippen molar-refractivity contribution in [2.24, 2.45) is 0 Å². The molecule has 1 saturated heterocycles. The van der Waals surface area contributed by atoms with Gasteiger partial charge in [-0.3, -0.25) is 14.5 Å². The van der Waals surface area contributed by atoms with E-state index in [1.807, 2.05) is 0 Å². The van der Waals surface area contributed by atoms with Crippen molar-refractivity contribution in [3.8, 4) is 5.75 Å². The van der Waals surface area contributed by atoms with Crippen molar-refractivity contribution in [3.63, 3.8) is 0 Å². The number of furan rings is 1. The van der Waals surface area contributed by atoms with Crippen LogP contribution in [0.15, 0.2) is 52.5 Å². The van der Waals surface area contributed by atoms with Crippen LogP contribution >= 0.6 is 34.8 Å². The third-order valence-corrected chi connectivity index (χ3v) is 5.98. The summed E-state index contributed by atoms with van der Waals surface area (Å²) in [6.45, 7) is 1.69. The SMILES string of the molecule is COc1c(Cl)cc(/C(O)=C2/C(=O)C(=O)N(c3ccc(F)c(Cl)c3)C2c2ccc(C)o2)cc1Cl. The van der Waals surface area contributed by atoms with Crippen molar-refractivity contribution in [2.75, 3.05) is 12.0 Å². The number of benzene rings is 2. The van der Waals surface area contributed by atoms with E-state index in [1.54, 1.807) is 19.1 Å². The Bertz CT molecular complexity index is 1310. The largest absolute Gasteiger partial charge is 0.507 e. The van der Waals surface area contributed by atoms with Crippen molar-refractivity contribution < 1.29 is 28.2 Å². The fourth-order valence-electron chi connectivity index (χ4n) is 3.65. The molecule has 1 aliphatic heterocycles. The van der Waals surface area contributed by atoms with Gasteiger partial charge >= 0.3 is 0 Å². The second kappa shape index (κ2) is 8.74. The maximum Gasteiger partial charge on any atom is 0.300 e. The lowest BCUT2D eigenvalue weighted by Gasteiger charge is -2.23. The van der Waals surface area contributed by atoms with Gasteiger partial charge in [-0.15, -0.1) is 0 Å². The van der Waals surface area contributed by atoms with Crippen LogP contribution in [-0.4, -0.2) is 23.9 Å². The van der Waals surface area contributed by atoms with Gasteiger partial charge in [-0.1, -0.05) is 34.8 Å². The molecule has 1 unspecified atom stereocenters. The molecule has 170 valence electrons. The molecule has 0 saturated carbocycles. The molecule has 1 N–H and O–H groups in total. The first-order valence-electron chi connectivity index (χ1n) is 9.49. The smallest absolute Gasteiger partial charge is 0.300 e. The Balaban J connectivity index is 1.95. The lowest BCUT2D eigenvalue weighted by Crippen LogP contribution is -2.29. The molecule has 4 rings (SSSR count). The highest BCUT2D eigenvalue weighted by Gasteiger charge is 2.48. The zero-order chi connectivity index (χ0) is 24.0. The van der Waals surface area contributed by atoms with Crippen molar-refractivity contribution in [1.29, 1.82) is 0 Å². The molecule has 10 heteroatoms. The zero-order valence-corrected chi connectivity index (χ0v) is 19.4. The van der Waals surface area contributed by atoms with Crippen LogP contribution in [0.2, 0.25) is 15.1 Å². The topological polar surface area (TPSA) is 80.0 Å². The van der Waals surface area contributed by atoms with Gasteiger partial charge in [0.1, 0.15) is 29.1 Å². The van der Waals surface area contributed by atoms with Gasteiger partial charge in [-0.05, 0) is 49.4 Å². The number of aliphatic hydroxyl groups is 1. The number of carbonyl (C=O) groups is 2.